The smallest absolute Gasteiger partial charge is 0.318 e. The fourth-order valence-corrected chi connectivity index (χ4v) is 4.03. The van der Waals surface area contributed by atoms with Gasteiger partial charge in [0.1, 0.15) is 30.6 Å². The average Bonchev–Trinajstić information content (AvgIpc) is 2.66. The van der Waals surface area contributed by atoms with E-state index in [-0.39, 0.29) is 11.4 Å². The summed E-state index contributed by atoms with van der Waals surface area (Å²) in [4.78, 5) is 13.0. The van der Waals surface area contributed by atoms with Gasteiger partial charge in [-0.3, -0.25) is 4.79 Å². The summed E-state index contributed by atoms with van der Waals surface area (Å²) in [6, 6.07) is 15.4. The molecule has 0 saturated carbocycles. The van der Waals surface area contributed by atoms with Gasteiger partial charge < -0.3 is 19.4 Å². The molecule has 1 aliphatic rings. The maximum atomic E-state index is 13.0. The highest BCUT2D eigenvalue weighted by Gasteiger charge is 2.34. The van der Waals surface area contributed by atoms with Crippen LogP contribution in [0.15, 0.2) is 48.5 Å². The number of rotatable bonds is 8. The molecule has 0 radical (unpaired) electrons. The number of carbonyl (C=O) groups excluding carboxylic acids is 1. The van der Waals surface area contributed by atoms with Crippen molar-refractivity contribution in [3.63, 3.8) is 0 Å². The van der Waals surface area contributed by atoms with Crippen molar-refractivity contribution in [3.05, 3.63) is 59.7 Å². The highest BCUT2D eigenvalue weighted by Crippen LogP contribution is 2.44. The molecule has 0 saturated heterocycles. The summed E-state index contributed by atoms with van der Waals surface area (Å²) in [5.74, 6) is 0.839. The molecule has 5 heteroatoms. The van der Waals surface area contributed by atoms with E-state index in [4.69, 9.17) is 9.47 Å². The topological polar surface area (TPSA) is 65.5 Å². The van der Waals surface area contributed by atoms with Crippen LogP contribution in [0.25, 0.3) is 0 Å². The molecule has 0 amide bonds. The Labute approximate surface area is 167 Å². The van der Waals surface area contributed by atoms with Crippen LogP contribution in [0.4, 0.5) is 0 Å². The Balaban J connectivity index is 0.00000280. The summed E-state index contributed by atoms with van der Waals surface area (Å²) in [7, 11) is 2.25. The molecule has 1 heterocycles. The van der Waals surface area contributed by atoms with E-state index in [2.05, 4.69) is 20.9 Å². The Morgan fingerprint density at radius 1 is 0.929 bits per heavy atom. The summed E-state index contributed by atoms with van der Waals surface area (Å²) >= 11 is 0. The lowest BCUT2D eigenvalue weighted by atomic mass is 9.88. The lowest BCUT2D eigenvalue weighted by Crippen LogP contribution is -2.47. The zero-order valence-electron chi connectivity index (χ0n) is 17.1. The highest BCUT2D eigenvalue weighted by molar-refractivity contribution is 5.85. The first kappa shape index (κ1) is 21.9. The molecule has 28 heavy (non-hydrogen) atoms. The van der Waals surface area contributed by atoms with E-state index in [1.54, 1.807) is 0 Å². The van der Waals surface area contributed by atoms with Crippen molar-refractivity contribution in [1.82, 2.24) is 0 Å². The van der Waals surface area contributed by atoms with Crippen LogP contribution in [-0.4, -0.2) is 49.2 Å². The summed E-state index contributed by atoms with van der Waals surface area (Å²) in [5.41, 5.74) is 1.75. The number of hydrogen-bond acceptors (Lipinski definition) is 4. The molecule has 0 spiro atoms. The third-order valence-electron chi connectivity index (χ3n) is 5.32. The molecule has 0 fully saturated rings. The van der Waals surface area contributed by atoms with Crippen LogP contribution in [-0.2, 0) is 9.53 Å². The standard InChI is InChI=1S/C23H30NO3.H2O/c1-4-14-24(3,15-5-2)16-17-26-23(25)22-18-10-6-8-12-20(18)27-21-13-9-7-11-19(21)22;/h6-13,22H,4-5,14-17H2,1-3H3;1H2/q+1;/p-1. The third-order valence-corrected chi connectivity index (χ3v) is 5.32. The molecule has 0 aliphatic carbocycles. The van der Waals surface area contributed by atoms with Gasteiger partial charge in [0, 0.05) is 11.1 Å². The molecule has 1 aliphatic heterocycles. The number of para-hydroxylation sites is 2. The first-order valence-corrected chi connectivity index (χ1v) is 9.94. The monoisotopic (exact) mass is 385 g/mol. The van der Waals surface area contributed by atoms with Crippen LogP contribution in [0, 0.1) is 0 Å². The van der Waals surface area contributed by atoms with E-state index >= 15 is 0 Å². The van der Waals surface area contributed by atoms with E-state index in [1.165, 1.54) is 0 Å². The van der Waals surface area contributed by atoms with E-state index in [0.29, 0.717) is 6.61 Å². The summed E-state index contributed by atoms with van der Waals surface area (Å²) in [6.45, 7) is 7.90. The van der Waals surface area contributed by atoms with Gasteiger partial charge in [-0.15, -0.1) is 0 Å². The van der Waals surface area contributed by atoms with Crippen LogP contribution < -0.4 is 4.74 Å². The molecule has 152 valence electrons. The van der Waals surface area contributed by atoms with Crippen molar-refractivity contribution >= 4 is 5.97 Å². The molecule has 2 aromatic carbocycles. The number of likely N-dealkylation sites (N-methyl/N-ethyl adjacent to an activating group) is 1. The van der Waals surface area contributed by atoms with Gasteiger partial charge in [-0.25, -0.2) is 0 Å². The van der Waals surface area contributed by atoms with Crippen LogP contribution in [0.1, 0.15) is 43.7 Å². The molecule has 0 aromatic heterocycles. The van der Waals surface area contributed by atoms with Gasteiger partial charge in [-0.05, 0) is 25.0 Å². The second kappa shape index (κ2) is 9.71. The number of ether oxygens (including phenoxy) is 2. The molecule has 3 rings (SSSR count). The Bertz CT molecular complexity index is 738. The van der Waals surface area contributed by atoms with Crippen LogP contribution in [0.2, 0.25) is 0 Å². The van der Waals surface area contributed by atoms with Gasteiger partial charge in [-0.1, -0.05) is 50.2 Å². The van der Waals surface area contributed by atoms with Crippen molar-refractivity contribution in [3.8, 4) is 11.5 Å². The number of hydrogen-bond donors (Lipinski definition) is 0. The van der Waals surface area contributed by atoms with Gasteiger partial charge in [-0.2, -0.15) is 0 Å². The summed E-state index contributed by atoms with van der Waals surface area (Å²) in [5, 5.41) is 0. The summed E-state index contributed by atoms with van der Waals surface area (Å²) < 4.78 is 12.7. The van der Waals surface area contributed by atoms with Crippen molar-refractivity contribution in [2.24, 2.45) is 0 Å². The number of fused-ring (bicyclic) bond motifs is 2. The Morgan fingerprint density at radius 3 is 1.93 bits per heavy atom. The molecule has 0 unspecified atom stereocenters. The Morgan fingerprint density at radius 2 is 1.43 bits per heavy atom. The second-order valence-corrected chi connectivity index (χ2v) is 7.57. The molecule has 5 nitrogen and oxygen atoms in total. The molecule has 2 aromatic rings. The van der Waals surface area contributed by atoms with Gasteiger partial charge >= 0.3 is 5.97 Å². The molecular formula is C23H31NO4. The second-order valence-electron chi connectivity index (χ2n) is 7.57. The first-order chi connectivity index (χ1) is 13.1. The fourth-order valence-electron chi connectivity index (χ4n) is 4.03. The van der Waals surface area contributed by atoms with Crippen molar-refractivity contribution in [1.29, 1.82) is 0 Å². The molecule has 1 N–H and O–H groups in total. The van der Waals surface area contributed by atoms with Gasteiger partial charge in [0.2, 0.25) is 0 Å². The number of quaternary nitrogens is 1. The van der Waals surface area contributed by atoms with Crippen LogP contribution in [0.3, 0.4) is 0 Å². The third kappa shape index (κ3) is 4.72. The van der Waals surface area contributed by atoms with Gasteiger partial charge in [0.25, 0.3) is 0 Å². The average molecular weight is 386 g/mol. The predicted molar refractivity (Wildman–Crippen MR) is 109 cm³/mol. The quantitative estimate of drug-likeness (QED) is 0.494. The highest BCUT2D eigenvalue weighted by atomic mass is 16.5. The van der Waals surface area contributed by atoms with E-state index in [1.807, 2.05) is 48.5 Å². The van der Waals surface area contributed by atoms with Gasteiger partial charge in [0.05, 0.1) is 20.1 Å². The normalized spacial score (nSPS) is 13.0. The van der Waals surface area contributed by atoms with Gasteiger partial charge in [0.15, 0.2) is 0 Å². The lowest BCUT2D eigenvalue weighted by molar-refractivity contribution is -0.909. The van der Waals surface area contributed by atoms with Crippen LogP contribution >= 0.6 is 0 Å². The van der Waals surface area contributed by atoms with E-state index in [0.717, 1.165) is 59.6 Å². The molecular weight excluding hydrogens is 354 g/mol. The van der Waals surface area contributed by atoms with E-state index in [9.17, 15) is 4.79 Å². The predicted octanol–water partition coefficient (Wildman–Crippen LogP) is 4.56. The lowest BCUT2D eigenvalue weighted by Gasteiger charge is -2.34. The molecule has 0 bridgehead atoms. The van der Waals surface area contributed by atoms with Crippen molar-refractivity contribution in [2.75, 3.05) is 33.3 Å². The number of esters is 1. The number of carbonyl (C=O) groups is 1. The van der Waals surface area contributed by atoms with Crippen molar-refractivity contribution < 1.29 is 24.2 Å². The fraction of sp³-hybridized carbons (Fsp3) is 0.435. The number of nitrogens with zero attached hydrogens (tertiary/aromatic N) is 1. The van der Waals surface area contributed by atoms with E-state index < -0.39 is 5.92 Å². The molecule has 0 atom stereocenters. The van der Waals surface area contributed by atoms with Crippen molar-refractivity contribution in [2.45, 2.75) is 32.6 Å². The SMILES string of the molecule is CCC[N+](C)(CCC)CCOC(=O)C1c2ccccc2Oc2ccccc21.[OH-]. The minimum Gasteiger partial charge on any atom is -0.870 e. The van der Waals surface area contributed by atoms with Crippen LogP contribution in [0.5, 0.6) is 11.5 Å². The number of benzene rings is 2. The minimum atomic E-state index is -0.428. The Hall–Kier alpha value is -2.37. The summed E-state index contributed by atoms with van der Waals surface area (Å²) in [6.07, 6.45) is 2.26. The zero-order chi connectivity index (χ0) is 19.3. The first-order valence-electron chi connectivity index (χ1n) is 9.94. The minimum absolute atomic E-state index is 0. The Kier molecular flexibility index (Phi) is 7.61. The zero-order valence-corrected chi connectivity index (χ0v) is 17.1. The maximum Gasteiger partial charge on any atom is 0.318 e. The largest absolute Gasteiger partial charge is 0.870 e. The maximum absolute atomic E-state index is 13.0.